The third-order valence-corrected chi connectivity index (χ3v) is 4.65. The number of aromatic nitrogens is 3. The van der Waals surface area contributed by atoms with Gasteiger partial charge in [0.2, 0.25) is 0 Å². The second-order valence-electron chi connectivity index (χ2n) is 6.96. The molecule has 0 radical (unpaired) electrons. The number of nitrogens with zero attached hydrogens (tertiary/aromatic N) is 4. The molecule has 142 valence electrons. The van der Waals surface area contributed by atoms with Crippen molar-refractivity contribution in [1.82, 2.24) is 25.0 Å². The Morgan fingerprint density at radius 2 is 2.04 bits per heavy atom. The molecule has 0 aliphatic heterocycles. The molecule has 3 aromatic rings. The van der Waals surface area contributed by atoms with Gasteiger partial charge in [-0.05, 0) is 51.7 Å². The average molecular weight is 369 g/mol. The van der Waals surface area contributed by atoms with Gasteiger partial charge in [-0.15, -0.1) is 0 Å². The Bertz CT molecular complexity index is 995. The van der Waals surface area contributed by atoms with Crippen molar-refractivity contribution in [2.24, 2.45) is 7.05 Å². The summed E-state index contributed by atoms with van der Waals surface area (Å²) in [5, 5.41) is 8.12. The molecule has 0 saturated carbocycles. The number of amides is 1. The molecular weight excluding hydrogens is 345 g/mol. The predicted molar refractivity (Wildman–Crippen MR) is 103 cm³/mol. The lowest BCUT2D eigenvalue weighted by molar-refractivity contribution is 0.0943. The zero-order valence-corrected chi connectivity index (χ0v) is 16.2. The van der Waals surface area contributed by atoms with Gasteiger partial charge in [-0.2, -0.15) is 5.10 Å². The standard InChI is InChI=1S/C20H24FN5O/c1-12-9-16(18-13(2)24-26(5)19(18)23-12)20(27)22-11-17(25(3)4)14-7-6-8-15(21)10-14/h6-10,17H,11H2,1-5H3,(H,22,27). The first-order chi connectivity index (χ1) is 12.8. The van der Waals surface area contributed by atoms with Crippen LogP contribution in [-0.2, 0) is 7.05 Å². The average Bonchev–Trinajstić information content (AvgIpc) is 2.88. The zero-order chi connectivity index (χ0) is 19.7. The molecule has 2 aromatic heterocycles. The van der Waals surface area contributed by atoms with Crippen molar-refractivity contribution < 1.29 is 9.18 Å². The number of aryl methyl sites for hydroxylation is 3. The lowest BCUT2D eigenvalue weighted by Crippen LogP contribution is -2.34. The molecule has 3 rings (SSSR count). The molecule has 0 saturated heterocycles. The number of hydrogen-bond acceptors (Lipinski definition) is 4. The van der Waals surface area contributed by atoms with Crippen molar-refractivity contribution >= 4 is 16.9 Å². The second-order valence-corrected chi connectivity index (χ2v) is 6.96. The predicted octanol–water partition coefficient (Wildman–Crippen LogP) is 2.76. The van der Waals surface area contributed by atoms with Gasteiger partial charge in [0.15, 0.2) is 5.65 Å². The van der Waals surface area contributed by atoms with Gasteiger partial charge in [-0.1, -0.05) is 12.1 Å². The molecule has 1 aromatic carbocycles. The van der Waals surface area contributed by atoms with E-state index in [1.807, 2.05) is 46.0 Å². The molecule has 1 unspecified atom stereocenters. The quantitative estimate of drug-likeness (QED) is 0.751. The maximum Gasteiger partial charge on any atom is 0.252 e. The molecule has 6 nitrogen and oxygen atoms in total. The maximum absolute atomic E-state index is 13.6. The molecule has 27 heavy (non-hydrogen) atoms. The van der Waals surface area contributed by atoms with Crippen LogP contribution in [0.3, 0.4) is 0 Å². The number of pyridine rings is 1. The van der Waals surface area contributed by atoms with E-state index < -0.39 is 0 Å². The molecule has 1 amide bonds. The summed E-state index contributed by atoms with van der Waals surface area (Å²) in [7, 11) is 5.62. The summed E-state index contributed by atoms with van der Waals surface area (Å²) < 4.78 is 15.3. The Kier molecular flexibility index (Phi) is 5.23. The number of likely N-dealkylation sites (N-methyl/N-ethyl adjacent to an activating group) is 1. The minimum Gasteiger partial charge on any atom is -0.350 e. The third kappa shape index (κ3) is 3.83. The van der Waals surface area contributed by atoms with Gasteiger partial charge in [0.1, 0.15) is 5.82 Å². The molecule has 1 N–H and O–H groups in total. The van der Waals surface area contributed by atoms with Crippen LogP contribution in [0.15, 0.2) is 30.3 Å². The lowest BCUT2D eigenvalue weighted by Gasteiger charge is -2.25. The Morgan fingerprint density at radius 3 is 2.70 bits per heavy atom. The van der Waals surface area contributed by atoms with Crippen LogP contribution in [-0.4, -0.2) is 46.2 Å². The lowest BCUT2D eigenvalue weighted by atomic mass is 10.0. The monoisotopic (exact) mass is 369 g/mol. The summed E-state index contributed by atoms with van der Waals surface area (Å²) in [6, 6.07) is 8.09. The fourth-order valence-electron chi connectivity index (χ4n) is 3.35. The van der Waals surface area contributed by atoms with Crippen molar-refractivity contribution in [3.8, 4) is 0 Å². The van der Waals surface area contributed by atoms with Crippen molar-refractivity contribution in [3.63, 3.8) is 0 Å². The summed E-state index contributed by atoms with van der Waals surface area (Å²) in [5.74, 6) is -0.479. The van der Waals surface area contributed by atoms with Crippen LogP contribution < -0.4 is 5.32 Å². The highest BCUT2D eigenvalue weighted by molar-refractivity contribution is 6.06. The summed E-state index contributed by atoms with van der Waals surface area (Å²) in [5.41, 5.74) is 3.57. The first-order valence-corrected chi connectivity index (χ1v) is 8.79. The molecule has 2 heterocycles. The van der Waals surface area contributed by atoms with E-state index in [0.717, 1.165) is 22.3 Å². The van der Waals surface area contributed by atoms with Crippen LogP contribution in [0.4, 0.5) is 4.39 Å². The fourth-order valence-corrected chi connectivity index (χ4v) is 3.35. The van der Waals surface area contributed by atoms with Gasteiger partial charge in [0.05, 0.1) is 22.7 Å². The second kappa shape index (κ2) is 7.44. The minimum absolute atomic E-state index is 0.141. The van der Waals surface area contributed by atoms with E-state index in [4.69, 9.17) is 0 Å². The number of hydrogen-bond donors (Lipinski definition) is 1. The van der Waals surface area contributed by atoms with Crippen LogP contribution in [0.5, 0.6) is 0 Å². The van der Waals surface area contributed by atoms with E-state index >= 15 is 0 Å². The Balaban J connectivity index is 1.88. The molecule has 1 atom stereocenters. The largest absolute Gasteiger partial charge is 0.350 e. The van der Waals surface area contributed by atoms with Gasteiger partial charge in [-0.3, -0.25) is 9.48 Å². The van der Waals surface area contributed by atoms with Gasteiger partial charge in [-0.25, -0.2) is 9.37 Å². The van der Waals surface area contributed by atoms with Crippen molar-refractivity contribution in [2.75, 3.05) is 20.6 Å². The number of fused-ring (bicyclic) bond motifs is 1. The normalized spacial score (nSPS) is 12.6. The van der Waals surface area contributed by atoms with E-state index in [1.165, 1.54) is 12.1 Å². The van der Waals surface area contributed by atoms with E-state index in [9.17, 15) is 9.18 Å². The summed E-state index contributed by atoms with van der Waals surface area (Å²) >= 11 is 0. The molecule has 0 aliphatic carbocycles. The van der Waals surface area contributed by atoms with E-state index in [2.05, 4.69) is 15.4 Å². The number of nitrogens with one attached hydrogen (secondary N) is 1. The minimum atomic E-state index is -0.289. The smallest absolute Gasteiger partial charge is 0.252 e. The summed E-state index contributed by atoms with van der Waals surface area (Å²) in [4.78, 5) is 19.4. The first-order valence-electron chi connectivity index (χ1n) is 8.79. The van der Waals surface area contributed by atoms with Gasteiger partial charge >= 0.3 is 0 Å². The van der Waals surface area contributed by atoms with Crippen LogP contribution in [0.2, 0.25) is 0 Å². The molecule has 0 aliphatic rings. The molecule has 0 spiro atoms. The van der Waals surface area contributed by atoms with Crippen LogP contribution in [0, 0.1) is 19.7 Å². The molecule has 0 bridgehead atoms. The van der Waals surface area contributed by atoms with E-state index in [0.29, 0.717) is 17.8 Å². The number of benzene rings is 1. The zero-order valence-electron chi connectivity index (χ0n) is 16.2. The number of carbonyl (C=O) groups is 1. The highest BCUT2D eigenvalue weighted by atomic mass is 19.1. The summed E-state index contributed by atoms with van der Waals surface area (Å²) in [6.07, 6.45) is 0. The van der Waals surface area contributed by atoms with Gasteiger partial charge < -0.3 is 10.2 Å². The SMILES string of the molecule is Cc1cc(C(=O)NCC(c2cccc(F)c2)N(C)C)c2c(C)nn(C)c2n1. The van der Waals surface area contributed by atoms with Gasteiger partial charge in [0, 0.05) is 19.3 Å². The van der Waals surface area contributed by atoms with Crippen molar-refractivity contribution in [2.45, 2.75) is 19.9 Å². The highest BCUT2D eigenvalue weighted by Crippen LogP contribution is 2.22. The Labute approximate surface area is 158 Å². The number of halogens is 1. The van der Waals surface area contributed by atoms with Crippen LogP contribution >= 0.6 is 0 Å². The topological polar surface area (TPSA) is 63.1 Å². The first kappa shape index (κ1) is 19.0. The fraction of sp³-hybridized carbons (Fsp3) is 0.350. The molecular formula is C20H24FN5O. The summed E-state index contributed by atoms with van der Waals surface area (Å²) in [6.45, 7) is 4.08. The number of carbonyl (C=O) groups excluding carboxylic acids is 1. The highest BCUT2D eigenvalue weighted by Gasteiger charge is 2.20. The Hall–Kier alpha value is -2.80. The Morgan fingerprint density at radius 1 is 1.30 bits per heavy atom. The van der Waals surface area contributed by atoms with E-state index in [1.54, 1.807) is 16.8 Å². The maximum atomic E-state index is 13.6. The van der Waals surface area contributed by atoms with Crippen molar-refractivity contribution in [1.29, 1.82) is 0 Å². The number of rotatable bonds is 5. The van der Waals surface area contributed by atoms with Gasteiger partial charge in [0.25, 0.3) is 5.91 Å². The van der Waals surface area contributed by atoms with Crippen LogP contribution in [0.25, 0.3) is 11.0 Å². The molecule has 7 heteroatoms. The third-order valence-electron chi connectivity index (χ3n) is 4.65. The van der Waals surface area contributed by atoms with E-state index in [-0.39, 0.29) is 17.8 Å². The molecule has 0 fully saturated rings. The van der Waals surface area contributed by atoms with Crippen LogP contribution in [0.1, 0.15) is 33.4 Å². The van der Waals surface area contributed by atoms with Crippen molar-refractivity contribution in [3.05, 3.63) is 58.7 Å².